The summed E-state index contributed by atoms with van der Waals surface area (Å²) in [7, 11) is 3.63. The normalized spacial score (nSPS) is 11.2. The maximum Gasteiger partial charge on any atom is 0.119 e. The number of benzene rings is 2. The van der Waals surface area contributed by atoms with Crippen LogP contribution in [0.4, 0.5) is 0 Å². The van der Waals surface area contributed by atoms with Crippen LogP contribution in [0.3, 0.4) is 0 Å². The van der Waals surface area contributed by atoms with Crippen molar-refractivity contribution in [2.24, 2.45) is 7.05 Å². The van der Waals surface area contributed by atoms with Crippen molar-refractivity contribution in [3.63, 3.8) is 0 Å². The molecule has 4 aromatic rings. The number of nitrogens with zero attached hydrogens (tertiary/aromatic N) is 3. The van der Waals surface area contributed by atoms with Gasteiger partial charge in [-0.1, -0.05) is 6.07 Å². The van der Waals surface area contributed by atoms with Crippen molar-refractivity contribution in [2.45, 2.75) is 0 Å². The van der Waals surface area contributed by atoms with Crippen LogP contribution in [0.1, 0.15) is 0 Å². The van der Waals surface area contributed by atoms with Crippen molar-refractivity contribution in [3.8, 4) is 16.9 Å². The molecule has 0 aliphatic heterocycles. The lowest BCUT2D eigenvalue weighted by atomic mass is 10.0. The Labute approximate surface area is 128 Å². The van der Waals surface area contributed by atoms with Crippen molar-refractivity contribution < 1.29 is 4.74 Å². The zero-order valence-electron chi connectivity index (χ0n) is 12.4. The first-order valence-corrected chi connectivity index (χ1v) is 7.10. The minimum atomic E-state index is 0.842. The van der Waals surface area contributed by atoms with E-state index in [0.717, 1.165) is 38.7 Å². The van der Waals surface area contributed by atoms with Gasteiger partial charge in [0, 0.05) is 29.6 Å². The van der Waals surface area contributed by atoms with Crippen LogP contribution in [0.2, 0.25) is 0 Å². The van der Waals surface area contributed by atoms with Gasteiger partial charge in [-0.25, -0.2) is 0 Å². The molecule has 0 fully saturated rings. The molecule has 4 rings (SSSR count). The van der Waals surface area contributed by atoms with Crippen molar-refractivity contribution in [3.05, 3.63) is 54.9 Å². The van der Waals surface area contributed by atoms with Crippen molar-refractivity contribution >= 4 is 21.8 Å². The van der Waals surface area contributed by atoms with E-state index in [9.17, 15) is 0 Å². The van der Waals surface area contributed by atoms with E-state index < -0.39 is 0 Å². The van der Waals surface area contributed by atoms with Gasteiger partial charge in [-0.15, -0.1) is 0 Å². The summed E-state index contributed by atoms with van der Waals surface area (Å²) in [5, 5.41) is 6.49. The second kappa shape index (κ2) is 4.84. The van der Waals surface area contributed by atoms with Gasteiger partial charge < -0.3 is 4.74 Å². The first-order valence-electron chi connectivity index (χ1n) is 7.10. The van der Waals surface area contributed by atoms with Gasteiger partial charge in [-0.05, 0) is 42.0 Å². The predicted molar refractivity (Wildman–Crippen MR) is 88.0 cm³/mol. The van der Waals surface area contributed by atoms with Crippen LogP contribution < -0.4 is 4.74 Å². The van der Waals surface area contributed by atoms with Crippen molar-refractivity contribution in [2.75, 3.05) is 7.11 Å². The quantitative estimate of drug-likeness (QED) is 0.563. The van der Waals surface area contributed by atoms with Gasteiger partial charge in [0.15, 0.2) is 0 Å². The number of rotatable bonds is 2. The number of hydrogen-bond acceptors (Lipinski definition) is 3. The maximum absolute atomic E-state index is 5.29. The lowest BCUT2D eigenvalue weighted by molar-refractivity contribution is 0.415. The second-order valence-electron chi connectivity index (χ2n) is 5.32. The van der Waals surface area contributed by atoms with Crippen molar-refractivity contribution in [1.29, 1.82) is 0 Å². The number of fused-ring (bicyclic) bond motifs is 2. The van der Waals surface area contributed by atoms with E-state index in [2.05, 4.69) is 34.3 Å². The smallest absolute Gasteiger partial charge is 0.119 e. The van der Waals surface area contributed by atoms with Crippen LogP contribution in [0, 0.1) is 0 Å². The largest absolute Gasteiger partial charge is 0.497 e. The molecule has 4 nitrogen and oxygen atoms in total. The van der Waals surface area contributed by atoms with E-state index in [-0.39, 0.29) is 0 Å². The van der Waals surface area contributed by atoms with Crippen LogP contribution in [-0.4, -0.2) is 21.9 Å². The van der Waals surface area contributed by atoms with E-state index in [4.69, 9.17) is 4.74 Å². The third-order valence-corrected chi connectivity index (χ3v) is 3.97. The van der Waals surface area contributed by atoms with Gasteiger partial charge >= 0.3 is 0 Å². The fraction of sp³-hybridized carbons (Fsp3) is 0.111. The number of pyridine rings is 1. The number of aromatic nitrogens is 3. The van der Waals surface area contributed by atoms with E-state index in [0.29, 0.717) is 0 Å². The number of hydrogen-bond donors (Lipinski definition) is 0. The molecule has 0 radical (unpaired) electrons. The van der Waals surface area contributed by atoms with Crippen LogP contribution in [0.25, 0.3) is 32.9 Å². The highest BCUT2D eigenvalue weighted by Gasteiger charge is 2.05. The molecule has 4 heteroatoms. The topological polar surface area (TPSA) is 39.9 Å². The minimum Gasteiger partial charge on any atom is -0.497 e. The van der Waals surface area contributed by atoms with Gasteiger partial charge in [-0.2, -0.15) is 5.10 Å². The molecule has 0 unspecified atom stereocenters. The van der Waals surface area contributed by atoms with Gasteiger partial charge in [0.2, 0.25) is 0 Å². The summed E-state index contributed by atoms with van der Waals surface area (Å²) in [5.74, 6) is 0.842. The SMILES string of the molecule is COc1ccc2ncc(-c3ccc4c(cnn4C)c3)cc2c1. The zero-order valence-corrected chi connectivity index (χ0v) is 12.4. The Morgan fingerprint density at radius 2 is 1.77 bits per heavy atom. The first kappa shape index (κ1) is 12.8. The minimum absolute atomic E-state index is 0.842. The summed E-state index contributed by atoms with van der Waals surface area (Å²) >= 11 is 0. The highest BCUT2D eigenvalue weighted by Crippen LogP contribution is 2.27. The molecule has 0 saturated carbocycles. The van der Waals surface area contributed by atoms with Crippen LogP contribution in [0.5, 0.6) is 5.75 Å². The van der Waals surface area contributed by atoms with Crippen LogP contribution in [0.15, 0.2) is 54.9 Å². The van der Waals surface area contributed by atoms with Crippen LogP contribution in [-0.2, 0) is 7.05 Å². The number of aryl methyl sites for hydroxylation is 1. The Morgan fingerprint density at radius 3 is 2.64 bits per heavy atom. The molecule has 0 amide bonds. The van der Waals surface area contributed by atoms with Crippen LogP contribution >= 0.6 is 0 Å². The molecule has 22 heavy (non-hydrogen) atoms. The van der Waals surface area contributed by atoms with E-state index in [1.807, 2.05) is 42.3 Å². The third kappa shape index (κ3) is 2.00. The average Bonchev–Trinajstić information content (AvgIpc) is 2.94. The third-order valence-electron chi connectivity index (χ3n) is 3.97. The highest BCUT2D eigenvalue weighted by atomic mass is 16.5. The van der Waals surface area contributed by atoms with Gasteiger partial charge in [0.05, 0.1) is 24.3 Å². The van der Waals surface area contributed by atoms with E-state index >= 15 is 0 Å². The van der Waals surface area contributed by atoms with Gasteiger partial charge in [0.25, 0.3) is 0 Å². The average molecular weight is 289 g/mol. The Balaban J connectivity index is 1.87. The summed E-state index contributed by atoms with van der Waals surface area (Å²) in [4.78, 5) is 4.54. The molecule has 2 aromatic carbocycles. The lowest BCUT2D eigenvalue weighted by Gasteiger charge is -2.06. The molecule has 108 valence electrons. The van der Waals surface area contributed by atoms with Crippen molar-refractivity contribution in [1.82, 2.24) is 14.8 Å². The summed E-state index contributed by atoms with van der Waals surface area (Å²) in [6, 6.07) is 14.4. The summed E-state index contributed by atoms with van der Waals surface area (Å²) in [5.41, 5.74) is 4.32. The molecule has 2 aromatic heterocycles. The Morgan fingerprint density at radius 1 is 0.909 bits per heavy atom. The molecule has 0 atom stereocenters. The molecule has 0 spiro atoms. The van der Waals surface area contributed by atoms with E-state index in [1.165, 1.54) is 0 Å². The summed E-state index contributed by atoms with van der Waals surface area (Å²) < 4.78 is 7.17. The number of ether oxygens (including phenoxy) is 1. The molecule has 2 heterocycles. The summed E-state index contributed by atoms with van der Waals surface area (Å²) in [6.45, 7) is 0. The highest BCUT2D eigenvalue weighted by molar-refractivity contribution is 5.88. The van der Waals surface area contributed by atoms with Gasteiger partial charge in [0.1, 0.15) is 5.75 Å². The molecular weight excluding hydrogens is 274 g/mol. The molecule has 0 aliphatic rings. The maximum atomic E-state index is 5.29. The molecule has 0 bridgehead atoms. The van der Waals surface area contributed by atoms with Gasteiger partial charge in [-0.3, -0.25) is 9.67 Å². The standard InChI is InChI=1S/C18H15N3O/c1-21-18-6-3-12(7-15(18)11-20-21)14-8-13-9-16(22-2)4-5-17(13)19-10-14/h3-11H,1-2H3. The Kier molecular flexibility index (Phi) is 2.82. The predicted octanol–water partition coefficient (Wildman–Crippen LogP) is 3.80. The first-order chi connectivity index (χ1) is 10.7. The monoisotopic (exact) mass is 289 g/mol. The Bertz CT molecular complexity index is 988. The molecule has 0 saturated heterocycles. The molecule has 0 aliphatic carbocycles. The molecule has 0 N–H and O–H groups in total. The fourth-order valence-corrected chi connectivity index (χ4v) is 2.74. The Hall–Kier alpha value is -2.88. The second-order valence-corrected chi connectivity index (χ2v) is 5.32. The molecular formula is C18H15N3O. The lowest BCUT2D eigenvalue weighted by Crippen LogP contribution is -1.88. The zero-order chi connectivity index (χ0) is 15.1. The fourth-order valence-electron chi connectivity index (χ4n) is 2.74. The van der Waals surface area contributed by atoms with E-state index in [1.54, 1.807) is 7.11 Å². The summed E-state index contributed by atoms with van der Waals surface area (Å²) in [6.07, 6.45) is 3.79. The number of methoxy groups -OCH3 is 1.